The van der Waals surface area contributed by atoms with Crippen LogP contribution in [0.4, 0.5) is 17.6 Å². The summed E-state index contributed by atoms with van der Waals surface area (Å²) in [6.07, 6.45) is -4.21. The van der Waals surface area contributed by atoms with E-state index >= 15 is 0 Å². The van der Waals surface area contributed by atoms with Crippen LogP contribution in [0, 0.1) is 5.82 Å². The molecule has 0 N–H and O–H groups in total. The van der Waals surface area contributed by atoms with Crippen LogP contribution < -0.4 is 0 Å². The highest BCUT2D eigenvalue weighted by atomic mass is 19.4. The van der Waals surface area contributed by atoms with Crippen molar-refractivity contribution < 1.29 is 27.1 Å². The Labute approximate surface area is 108 Å². The molecule has 0 spiro atoms. The lowest BCUT2D eigenvalue weighted by atomic mass is 10.2. The number of unbranched alkanes of at least 4 members (excludes halogenated alkanes) is 2. The Hall–Kier alpha value is -1.59. The average Bonchev–Trinajstić information content (AvgIpc) is 2.33. The molecule has 106 valence electrons. The van der Waals surface area contributed by atoms with E-state index in [1.807, 2.05) is 0 Å². The van der Waals surface area contributed by atoms with Gasteiger partial charge in [-0.05, 0) is 43.5 Å². The fourth-order valence-corrected chi connectivity index (χ4v) is 1.44. The summed E-state index contributed by atoms with van der Waals surface area (Å²) in [7, 11) is 0. The lowest BCUT2D eigenvalue weighted by molar-refractivity contribution is -0.135. The molecule has 2 nitrogen and oxygen atoms in total. The first-order valence-electron chi connectivity index (χ1n) is 5.88. The summed E-state index contributed by atoms with van der Waals surface area (Å²) in [6, 6.07) is 4.86. The van der Waals surface area contributed by atoms with E-state index in [0.717, 1.165) is 12.1 Å². The van der Waals surface area contributed by atoms with E-state index < -0.39 is 24.4 Å². The van der Waals surface area contributed by atoms with Gasteiger partial charge in [-0.1, -0.05) is 0 Å². The minimum atomic E-state index is -4.13. The van der Waals surface area contributed by atoms with E-state index in [2.05, 4.69) is 0 Å². The zero-order chi connectivity index (χ0) is 14.3. The fourth-order valence-electron chi connectivity index (χ4n) is 1.44. The molecule has 0 heterocycles. The first kappa shape index (κ1) is 15.5. The van der Waals surface area contributed by atoms with Crippen LogP contribution in [0.3, 0.4) is 0 Å². The Bertz CT molecular complexity index is 398. The molecule has 0 saturated heterocycles. The van der Waals surface area contributed by atoms with Gasteiger partial charge in [0.25, 0.3) is 0 Å². The number of hydrogen-bond donors (Lipinski definition) is 0. The highest BCUT2D eigenvalue weighted by Gasteiger charge is 2.25. The maximum Gasteiger partial charge on any atom is 0.389 e. The van der Waals surface area contributed by atoms with Crippen molar-refractivity contribution in [1.29, 1.82) is 0 Å². The second-order valence-electron chi connectivity index (χ2n) is 4.07. The molecule has 0 amide bonds. The topological polar surface area (TPSA) is 26.3 Å². The number of halogens is 4. The molecule has 1 aromatic carbocycles. The lowest BCUT2D eigenvalue weighted by Crippen LogP contribution is -2.08. The van der Waals surface area contributed by atoms with Gasteiger partial charge in [0.1, 0.15) is 5.82 Å². The standard InChI is InChI=1S/C13H14F4O2/c14-11-6-4-10(5-7-11)12(18)19-9-3-1-2-8-13(15,16)17/h4-7H,1-3,8-9H2. The van der Waals surface area contributed by atoms with Gasteiger partial charge < -0.3 is 4.74 Å². The second kappa shape index (κ2) is 7.11. The van der Waals surface area contributed by atoms with Gasteiger partial charge in [0, 0.05) is 6.42 Å². The predicted octanol–water partition coefficient (Wildman–Crippen LogP) is 4.11. The molecule has 0 saturated carbocycles. The van der Waals surface area contributed by atoms with Gasteiger partial charge >= 0.3 is 12.1 Å². The van der Waals surface area contributed by atoms with E-state index in [1.54, 1.807) is 0 Å². The SMILES string of the molecule is O=C(OCCCCCC(F)(F)F)c1ccc(F)cc1. The van der Waals surface area contributed by atoms with Gasteiger partial charge in [-0.15, -0.1) is 0 Å². The Balaban J connectivity index is 2.16. The van der Waals surface area contributed by atoms with Crippen LogP contribution in [0.1, 0.15) is 36.0 Å². The Morgan fingerprint density at radius 3 is 2.26 bits per heavy atom. The third kappa shape index (κ3) is 6.79. The van der Waals surface area contributed by atoms with Crippen LogP contribution in [0.15, 0.2) is 24.3 Å². The lowest BCUT2D eigenvalue weighted by Gasteiger charge is -2.06. The number of esters is 1. The Kier molecular flexibility index (Phi) is 5.79. The number of ether oxygens (including phenoxy) is 1. The number of carbonyl (C=O) groups is 1. The van der Waals surface area contributed by atoms with E-state index in [0.29, 0.717) is 12.8 Å². The van der Waals surface area contributed by atoms with Crippen LogP contribution in [-0.2, 0) is 4.74 Å². The molecule has 0 aliphatic heterocycles. The van der Waals surface area contributed by atoms with Gasteiger partial charge in [-0.25, -0.2) is 9.18 Å². The molecular formula is C13H14F4O2. The smallest absolute Gasteiger partial charge is 0.389 e. The summed E-state index contributed by atoms with van der Waals surface area (Å²) in [4.78, 5) is 11.4. The van der Waals surface area contributed by atoms with Gasteiger partial charge in [0.2, 0.25) is 0 Å². The Morgan fingerprint density at radius 1 is 1.05 bits per heavy atom. The van der Waals surface area contributed by atoms with Crippen molar-refractivity contribution in [1.82, 2.24) is 0 Å². The van der Waals surface area contributed by atoms with Gasteiger partial charge in [-0.2, -0.15) is 13.2 Å². The first-order chi connectivity index (χ1) is 8.88. The molecule has 0 fully saturated rings. The van der Waals surface area contributed by atoms with Gasteiger partial charge in [-0.3, -0.25) is 0 Å². The average molecular weight is 278 g/mol. The first-order valence-corrected chi connectivity index (χ1v) is 5.88. The summed E-state index contributed by atoms with van der Waals surface area (Å²) in [6.45, 7) is 0.0636. The summed E-state index contributed by atoms with van der Waals surface area (Å²) >= 11 is 0. The quantitative estimate of drug-likeness (QED) is 0.445. The number of carbonyl (C=O) groups excluding carboxylic acids is 1. The highest BCUT2D eigenvalue weighted by Crippen LogP contribution is 2.22. The van der Waals surface area contributed by atoms with Crippen molar-refractivity contribution in [3.63, 3.8) is 0 Å². The van der Waals surface area contributed by atoms with Crippen LogP contribution >= 0.6 is 0 Å². The summed E-state index contributed by atoms with van der Waals surface area (Å²) < 4.78 is 52.9. The number of rotatable bonds is 6. The largest absolute Gasteiger partial charge is 0.462 e. The maximum absolute atomic E-state index is 12.6. The minimum absolute atomic E-state index is 0.0254. The van der Waals surface area contributed by atoms with Crippen molar-refractivity contribution in [3.05, 3.63) is 35.6 Å². The molecule has 0 atom stereocenters. The molecule has 0 aromatic heterocycles. The number of benzene rings is 1. The molecule has 1 rings (SSSR count). The van der Waals surface area contributed by atoms with Gasteiger partial charge in [0.05, 0.1) is 12.2 Å². The summed E-state index contributed by atoms with van der Waals surface area (Å²) in [5.41, 5.74) is 0.219. The van der Waals surface area contributed by atoms with Crippen LogP contribution in [-0.4, -0.2) is 18.8 Å². The summed E-state index contributed by atoms with van der Waals surface area (Å²) in [5.74, 6) is -1.06. The third-order valence-corrected chi connectivity index (χ3v) is 2.42. The molecular weight excluding hydrogens is 264 g/mol. The zero-order valence-electron chi connectivity index (χ0n) is 10.2. The molecule has 6 heteroatoms. The normalized spacial score (nSPS) is 11.4. The number of hydrogen-bond acceptors (Lipinski definition) is 2. The minimum Gasteiger partial charge on any atom is -0.462 e. The van der Waals surface area contributed by atoms with Crippen molar-refractivity contribution >= 4 is 5.97 Å². The van der Waals surface area contributed by atoms with Gasteiger partial charge in [0.15, 0.2) is 0 Å². The molecule has 0 aliphatic carbocycles. The molecule has 19 heavy (non-hydrogen) atoms. The van der Waals surface area contributed by atoms with Crippen molar-refractivity contribution in [3.8, 4) is 0 Å². The van der Waals surface area contributed by atoms with Crippen LogP contribution in [0.25, 0.3) is 0 Å². The van der Waals surface area contributed by atoms with E-state index in [1.165, 1.54) is 12.1 Å². The fraction of sp³-hybridized carbons (Fsp3) is 0.462. The predicted molar refractivity (Wildman–Crippen MR) is 61.2 cm³/mol. The van der Waals surface area contributed by atoms with E-state index in [-0.39, 0.29) is 18.6 Å². The molecule has 1 aromatic rings. The van der Waals surface area contributed by atoms with Crippen molar-refractivity contribution in [2.24, 2.45) is 0 Å². The van der Waals surface area contributed by atoms with E-state index in [9.17, 15) is 22.4 Å². The molecule has 0 aliphatic rings. The highest BCUT2D eigenvalue weighted by molar-refractivity contribution is 5.89. The van der Waals surface area contributed by atoms with Crippen molar-refractivity contribution in [2.75, 3.05) is 6.61 Å². The van der Waals surface area contributed by atoms with E-state index in [4.69, 9.17) is 4.74 Å². The maximum atomic E-state index is 12.6. The number of alkyl halides is 3. The molecule has 0 bridgehead atoms. The zero-order valence-corrected chi connectivity index (χ0v) is 10.2. The van der Waals surface area contributed by atoms with Crippen molar-refractivity contribution in [2.45, 2.75) is 31.9 Å². The Morgan fingerprint density at radius 2 is 1.68 bits per heavy atom. The second-order valence-corrected chi connectivity index (χ2v) is 4.07. The van der Waals surface area contributed by atoms with Crippen LogP contribution in [0.2, 0.25) is 0 Å². The molecule has 0 unspecified atom stereocenters. The monoisotopic (exact) mass is 278 g/mol. The summed E-state index contributed by atoms with van der Waals surface area (Å²) in [5, 5.41) is 0. The van der Waals surface area contributed by atoms with Crippen LogP contribution in [0.5, 0.6) is 0 Å². The molecule has 0 radical (unpaired) electrons. The third-order valence-electron chi connectivity index (χ3n) is 2.42.